The van der Waals surface area contributed by atoms with Gasteiger partial charge < -0.3 is 15.0 Å². The fourth-order valence-electron chi connectivity index (χ4n) is 8.28. The number of rotatable bonds is 11. The molecule has 48 heavy (non-hydrogen) atoms. The van der Waals surface area contributed by atoms with Crippen LogP contribution in [0, 0.1) is 6.92 Å². The first-order chi connectivity index (χ1) is 23.3. The Morgan fingerprint density at radius 1 is 1.00 bits per heavy atom. The molecule has 2 N–H and O–H groups in total. The van der Waals surface area contributed by atoms with Gasteiger partial charge in [0.1, 0.15) is 0 Å². The average molecular weight is 687 g/mol. The van der Waals surface area contributed by atoms with Gasteiger partial charge in [-0.1, -0.05) is 36.8 Å². The largest absolute Gasteiger partial charge is 0.490 e. The molecule has 4 saturated heterocycles. The quantitative estimate of drug-likeness (QED) is 0.201. The first-order valence-corrected chi connectivity index (χ1v) is 19.3. The van der Waals surface area contributed by atoms with E-state index in [1.807, 2.05) is 55.5 Å². The first kappa shape index (κ1) is 31.6. The second kappa shape index (κ2) is 12.7. The van der Waals surface area contributed by atoms with Crippen molar-refractivity contribution in [3.8, 4) is 5.75 Å². The number of ether oxygens (including phenoxy) is 1. The molecule has 6 heterocycles. The Morgan fingerprint density at radius 2 is 1.73 bits per heavy atom. The Morgan fingerprint density at radius 3 is 2.40 bits per heavy atom. The Balaban J connectivity index is 1.01. The van der Waals surface area contributed by atoms with Crippen LogP contribution in [0.25, 0.3) is 0 Å². The van der Waals surface area contributed by atoms with Gasteiger partial charge in [0.2, 0.25) is 5.75 Å². The maximum absolute atomic E-state index is 13.1. The number of piperazine rings is 1. The number of aromatic amines is 1. The summed E-state index contributed by atoms with van der Waals surface area (Å²) in [6.07, 6.45) is 6.90. The lowest BCUT2D eigenvalue weighted by Crippen LogP contribution is -2.82. The van der Waals surface area contributed by atoms with E-state index < -0.39 is 9.84 Å². The summed E-state index contributed by atoms with van der Waals surface area (Å²) in [6, 6.07) is 19.8. The van der Waals surface area contributed by atoms with E-state index in [2.05, 4.69) is 30.2 Å². The highest BCUT2D eigenvalue weighted by Crippen LogP contribution is 2.57. The molecular formula is C35H42N8O3S2. The average Bonchev–Trinajstić information content (AvgIpc) is 3.48. The third-order valence-electron chi connectivity index (χ3n) is 10.4. The summed E-state index contributed by atoms with van der Waals surface area (Å²) in [5.41, 5.74) is 2.11. The molecule has 0 aliphatic carbocycles. The summed E-state index contributed by atoms with van der Waals surface area (Å²) in [4.78, 5) is 18.8. The second-order valence-electron chi connectivity index (χ2n) is 13.6. The fourth-order valence-corrected chi connectivity index (χ4v) is 10.4. The van der Waals surface area contributed by atoms with Crippen molar-refractivity contribution in [2.24, 2.45) is 0 Å². The van der Waals surface area contributed by atoms with Gasteiger partial charge in [0.05, 0.1) is 17.8 Å². The lowest BCUT2D eigenvalue weighted by atomic mass is 9.60. The summed E-state index contributed by atoms with van der Waals surface area (Å²) in [5.74, 6) is 2.45. The Bertz CT molecular complexity index is 1860. The maximum Gasteiger partial charge on any atom is 0.204 e. The number of piperidine rings is 2. The van der Waals surface area contributed by atoms with Gasteiger partial charge in [-0.3, -0.25) is 14.9 Å². The van der Waals surface area contributed by atoms with E-state index in [0.717, 1.165) is 66.8 Å². The molecule has 4 aliphatic rings. The smallest absolute Gasteiger partial charge is 0.204 e. The minimum Gasteiger partial charge on any atom is -0.490 e. The SMILES string of the molecule is COc1c(Nc2cc(C)[nH]n2)nc(Sc2ccc(S(=O)(=O)Cc3ccccc3)cc2)nc1N1CCN(CC23CC4CCCC(C2)N43)CC1. The van der Waals surface area contributed by atoms with Gasteiger partial charge in [-0.2, -0.15) is 5.10 Å². The summed E-state index contributed by atoms with van der Waals surface area (Å²) in [7, 11) is -1.83. The van der Waals surface area contributed by atoms with Crippen molar-refractivity contribution in [1.29, 1.82) is 0 Å². The number of hydrogen-bond donors (Lipinski definition) is 2. The lowest BCUT2D eigenvalue weighted by Gasteiger charge is -2.73. The van der Waals surface area contributed by atoms with Gasteiger partial charge >= 0.3 is 0 Å². The highest BCUT2D eigenvalue weighted by molar-refractivity contribution is 7.99. The molecule has 0 radical (unpaired) electrons. The van der Waals surface area contributed by atoms with Crippen molar-refractivity contribution in [3.63, 3.8) is 0 Å². The van der Waals surface area contributed by atoms with E-state index in [1.165, 1.54) is 43.9 Å². The fraction of sp³-hybridized carbons (Fsp3) is 0.457. The highest BCUT2D eigenvalue weighted by Gasteiger charge is 2.63. The number of benzene rings is 2. The summed E-state index contributed by atoms with van der Waals surface area (Å²) >= 11 is 1.39. The zero-order valence-corrected chi connectivity index (χ0v) is 29.1. The topological polar surface area (TPSA) is 120 Å². The summed E-state index contributed by atoms with van der Waals surface area (Å²) in [5, 5.41) is 11.2. The van der Waals surface area contributed by atoms with E-state index in [1.54, 1.807) is 19.2 Å². The van der Waals surface area contributed by atoms with Crippen LogP contribution in [0.5, 0.6) is 5.75 Å². The molecule has 252 valence electrons. The number of nitrogens with one attached hydrogen (secondary N) is 2. The zero-order valence-electron chi connectivity index (χ0n) is 27.4. The predicted octanol–water partition coefficient (Wildman–Crippen LogP) is 5.28. The van der Waals surface area contributed by atoms with Crippen molar-refractivity contribution in [3.05, 3.63) is 71.9 Å². The van der Waals surface area contributed by atoms with Crippen LogP contribution in [0.3, 0.4) is 0 Å². The molecule has 4 aliphatic heterocycles. The first-order valence-electron chi connectivity index (χ1n) is 16.8. The van der Waals surface area contributed by atoms with Crippen LogP contribution >= 0.6 is 11.8 Å². The van der Waals surface area contributed by atoms with Crippen LogP contribution in [0.15, 0.2) is 75.6 Å². The number of H-pyrrole nitrogens is 1. The van der Waals surface area contributed by atoms with Gasteiger partial charge in [0, 0.05) is 67.0 Å². The van der Waals surface area contributed by atoms with E-state index in [4.69, 9.17) is 14.7 Å². The Kier molecular flexibility index (Phi) is 8.34. The zero-order chi connectivity index (χ0) is 32.9. The summed E-state index contributed by atoms with van der Waals surface area (Å²) < 4.78 is 32.1. The number of anilines is 3. The Labute approximate surface area is 286 Å². The molecule has 0 saturated carbocycles. The van der Waals surface area contributed by atoms with Gasteiger partial charge in [0.15, 0.2) is 32.4 Å². The van der Waals surface area contributed by atoms with Gasteiger partial charge in [-0.05, 0) is 74.2 Å². The number of nitrogens with zero attached hydrogens (tertiary/aromatic N) is 6. The molecule has 0 bridgehead atoms. The minimum atomic E-state index is -3.48. The van der Waals surface area contributed by atoms with E-state index >= 15 is 0 Å². The van der Waals surface area contributed by atoms with Gasteiger partial charge in [-0.15, -0.1) is 0 Å². The predicted molar refractivity (Wildman–Crippen MR) is 187 cm³/mol. The second-order valence-corrected chi connectivity index (χ2v) is 16.7. The van der Waals surface area contributed by atoms with Gasteiger partial charge in [-0.25, -0.2) is 18.4 Å². The third-order valence-corrected chi connectivity index (χ3v) is 13.0. The van der Waals surface area contributed by atoms with Crippen LogP contribution in [-0.2, 0) is 15.6 Å². The normalized spacial score (nSPS) is 24.0. The maximum atomic E-state index is 13.1. The number of sulfone groups is 1. The number of aryl methyl sites for hydroxylation is 1. The summed E-state index contributed by atoms with van der Waals surface area (Å²) in [6.45, 7) is 6.74. The molecule has 13 heteroatoms. The van der Waals surface area contributed by atoms with E-state index in [9.17, 15) is 8.42 Å². The van der Waals surface area contributed by atoms with Crippen LogP contribution < -0.4 is 15.0 Å². The molecule has 0 amide bonds. The van der Waals surface area contributed by atoms with Crippen LogP contribution in [0.2, 0.25) is 0 Å². The molecule has 2 aromatic carbocycles. The highest BCUT2D eigenvalue weighted by atomic mass is 32.2. The van der Waals surface area contributed by atoms with E-state index in [-0.39, 0.29) is 10.6 Å². The van der Waals surface area contributed by atoms with Crippen molar-refractivity contribution in [2.45, 2.75) is 77.4 Å². The monoisotopic (exact) mass is 686 g/mol. The van der Waals surface area contributed by atoms with E-state index in [0.29, 0.717) is 28.1 Å². The molecule has 4 fully saturated rings. The number of hydrogen-bond acceptors (Lipinski definition) is 11. The van der Waals surface area contributed by atoms with Crippen LogP contribution in [0.4, 0.5) is 17.5 Å². The molecule has 8 rings (SSSR count). The van der Waals surface area contributed by atoms with Crippen molar-refractivity contribution in [2.75, 3.05) is 50.1 Å². The van der Waals surface area contributed by atoms with Crippen molar-refractivity contribution < 1.29 is 13.2 Å². The molecular weight excluding hydrogens is 645 g/mol. The minimum absolute atomic E-state index is 0.0412. The van der Waals surface area contributed by atoms with Crippen LogP contribution in [-0.4, -0.2) is 95.8 Å². The number of aromatic nitrogens is 4. The Hall–Kier alpha value is -3.65. The standard InChI is InChI=1S/C35H42N8O3S2/c1-24-19-30(40-39-24)36-32-31(46-2)33(42-17-15-41(16-18-42)23-35-20-26-9-6-10-27(21-35)43(26)35)38-34(37-32)47-28-11-13-29(14-12-28)48(44,45)22-25-7-4-3-5-8-25/h3-5,7-8,11-14,19,26-27H,6,9-10,15-18,20-23H2,1-2H3,(H2,36,37,38,39,40). The number of methoxy groups -OCH3 is 1. The van der Waals surface area contributed by atoms with Crippen molar-refractivity contribution >= 4 is 39.1 Å². The van der Waals surface area contributed by atoms with Crippen LogP contribution in [0.1, 0.15) is 43.4 Å². The molecule has 2 aromatic heterocycles. The molecule has 4 aromatic rings. The third kappa shape index (κ3) is 6.06. The molecule has 11 nitrogen and oxygen atoms in total. The molecule has 0 spiro atoms. The molecule has 2 unspecified atom stereocenters. The molecule has 2 atom stereocenters. The van der Waals surface area contributed by atoms with Gasteiger partial charge in [0.25, 0.3) is 0 Å². The van der Waals surface area contributed by atoms with Crippen molar-refractivity contribution in [1.82, 2.24) is 30.0 Å². The lowest BCUT2D eigenvalue weighted by molar-refractivity contribution is -0.226.